The van der Waals surface area contributed by atoms with Gasteiger partial charge in [-0.15, -0.1) is 0 Å². The summed E-state index contributed by atoms with van der Waals surface area (Å²) in [6.45, 7) is 7.64. The average Bonchev–Trinajstić information content (AvgIpc) is 2.74. The maximum Gasteiger partial charge on any atom is 0.134 e. The molecule has 0 aromatic carbocycles. The van der Waals surface area contributed by atoms with Gasteiger partial charge in [-0.25, -0.2) is 9.97 Å². The minimum absolute atomic E-state index is 0.780. The van der Waals surface area contributed by atoms with Crippen LogP contribution in [0, 0.1) is 5.92 Å². The van der Waals surface area contributed by atoms with Gasteiger partial charge in [0, 0.05) is 25.7 Å². The highest BCUT2D eigenvalue weighted by Crippen LogP contribution is 2.22. The number of anilines is 2. The van der Waals surface area contributed by atoms with Gasteiger partial charge in [-0.1, -0.05) is 13.8 Å². The SMILES string of the molecule is CCCNc1cc(N2CCC(C)C2)ncn1. The van der Waals surface area contributed by atoms with E-state index in [1.165, 1.54) is 6.42 Å². The zero-order valence-electron chi connectivity index (χ0n) is 10.1. The van der Waals surface area contributed by atoms with Crippen LogP contribution in [0.4, 0.5) is 11.6 Å². The van der Waals surface area contributed by atoms with Crippen LogP contribution in [0.15, 0.2) is 12.4 Å². The molecule has 1 atom stereocenters. The molecule has 1 fully saturated rings. The molecule has 1 aliphatic heterocycles. The van der Waals surface area contributed by atoms with Crippen molar-refractivity contribution in [1.82, 2.24) is 9.97 Å². The van der Waals surface area contributed by atoms with E-state index in [-0.39, 0.29) is 0 Å². The predicted octanol–water partition coefficient (Wildman–Crippen LogP) is 2.14. The number of hydrogen-bond donors (Lipinski definition) is 1. The molecule has 0 bridgehead atoms. The summed E-state index contributed by atoms with van der Waals surface area (Å²) in [5.74, 6) is 2.77. The van der Waals surface area contributed by atoms with Crippen molar-refractivity contribution in [3.05, 3.63) is 12.4 Å². The highest BCUT2D eigenvalue weighted by Gasteiger charge is 2.19. The molecule has 0 aliphatic carbocycles. The third-order valence-electron chi connectivity index (χ3n) is 2.96. The van der Waals surface area contributed by atoms with Gasteiger partial charge in [0.1, 0.15) is 18.0 Å². The third kappa shape index (κ3) is 2.62. The van der Waals surface area contributed by atoms with E-state index in [2.05, 4.69) is 34.0 Å². The molecule has 1 aromatic rings. The maximum absolute atomic E-state index is 4.34. The van der Waals surface area contributed by atoms with Gasteiger partial charge in [0.05, 0.1) is 0 Å². The Morgan fingerprint density at radius 1 is 1.50 bits per heavy atom. The number of nitrogens with zero attached hydrogens (tertiary/aromatic N) is 3. The minimum Gasteiger partial charge on any atom is -0.370 e. The lowest BCUT2D eigenvalue weighted by Crippen LogP contribution is -2.20. The summed E-state index contributed by atoms with van der Waals surface area (Å²) in [4.78, 5) is 10.9. The smallest absolute Gasteiger partial charge is 0.134 e. The Labute approximate surface area is 97.1 Å². The Hall–Kier alpha value is -1.32. The normalized spacial score (nSPS) is 20.1. The molecule has 0 amide bonds. The van der Waals surface area contributed by atoms with Crippen LogP contribution < -0.4 is 10.2 Å². The van der Waals surface area contributed by atoms with Crippen LogP contribution in [0.2, 0.25) is 0 Å². The first-order valence-electron chi connectivity index (χ1n) is 6.10. The molecule has 1 N–H and O–H groups in total. The Morgan fingerprint density at radius 2 is 2.38 bits per heavy atom. The molecule has 2 rings (SSSR count). The quantitative estimate of drug-likeness (QED) is 0.844. The summed E-state index contributed by atoms with van der Waals surface area (Å²) in [6.07, 6.45) is 4.03. The third-order valence-corrected chi connectivity index (χ3v) is 2.96. The van der Waals surface area contributed by atoms with Crippen molar-refractivity contribution >= 4 is 11.6 Å². The first-order valence-corrected chi connectivity index (χ1v) is 6.10. The standard InChI is InChI=1S/C12H20N4/c1-3-5-13-11-7-12(15-9-14-11)16-6-4-10(2)8-16/h7,9-10H,3-6,8H2,1-2H3,(H,13,14,15). The van der Waals surface area contributed by atoms with Gasteiger partial charge in [0.25, 0.3) is 0 Å². The summed E-state index contributed by atoms with van der Waals surface area (Å²) in [6, 6.07) is 2.05. The fourth-order valence-electron chi connectivity index (χ4n) is 2.01. The van der Waals surface area contributed by atoms with Gasteiger partial charge in [-0.05, 0) is 18.8 Å². The van der Waals surface area contributed by atoms with Crippen molar-refractivity contribution in [3.63, 3.8) is 0 Å². The van der Waals surface area contributed by atoms with Crippen molar-refractivity contribution in [1.29, 1.82) is 0 Å². The molecule has 4 nitrogen and oxygen atoms in total. The van der Waals surface area contributed by atoms with Crippen molar-refractivity contribution in [2.75, 3.05) is 29.9 Å². The summed E-state index contributed by atoms with van der Waals surface area (Å²) in [5.41, 5.74) is 0. The highest BCUT2D eigenvalue weighted by atomic mass is 15.2. The van der Waals surface area contributed by atoms with Crippen molar-refractivity contribution in [3.8, 4) is 0 Å². The summed E-state index contributed by atoms with van der Waals surface area (Å²) >= 11 is 0. The Morgan fingerprint density at radius 3 is 3.06 bits per heavy atom. The molecule has 4 heteroatoms. The predicted molar refractivity (Wildman–Crippen MR) is 66.8 cm³/mol. The first kappa shape index (κ1) is 11.2. The molecule has 88 valence electrons. The largest absolute Gasteiger partial charge is 0.370 e. The van der Waals surface area contributed by atoms with Crippen LogP contribution in [0.5, 0.6) is 0 Å². The van der Waals surface area contributed by atoms with Crippen molar-refractivity contribution < 1.29 is 0 Å². The first-order chi connectivity index (χ1) is 7.79. The van der Waals surface area contributed by atoms with E-state index in [9.17, 15) is 0 Å². The minimum atomic E-state index is 0.780. The van der Waals surface area contributed by atoms with E-state index in [4.69, 9.17) is 0 Å². The lowest BCUT2D eigenvalue weighted by atomic mass is 10.2. The van der Waals surface area contributed by atoms with Gasteiger partial charge < -0.3 is 10.2 Å². The van der Waals surface area contributed by atoms with E-state index in [1.807, 2.05) is 6.07 Å². The molecule has 0 spiro atoms. The van der Waals surface area contributed by atoms with Gasteiger partial charge in [-0.2, -0.15) is 0 Å². The van der Waals surface area contributed by atoms with Crippen LogP contribution in [0.1, 0.15) is 26.7 Å². The molecule has 1 saturated heterocycles. The van der Waals surface area contributed by atoms with E-state index < -0.39 is 0 Å². The van der Waals surface area contributed by atoms with Crippen LogP contribution >= 0.6 is 0 Å². The summed E-state index contributed by atoms with van der Waals surface area (Å²) in [5, 5.41) is 3.29. The van der Waals surface area contributed by atoms with Gasteiger partial charge in [-0.3, -0.25) is 0 Å². The van der Waals surface area contributed by atoms with E-state index in [0.29, 0.717) is 0 Å². The van der Waals surface area contributed by atoms with Crippen LogP contribution in [0.3, 0.4) is 0 Å². The number of aromatic nitrogens is 2. The molecule has 1 unspecified atom stereocenters. The number of hydrogen-bond acceptors (Lipinski definition) is 4. The fraction of sp³-hybridized carbons (Fsp3) is 0.667. The molecule has 1 aliphatic rings. The van der Waals surface area contributed by atoms with E-state index >= 15 is 0 Å². The zero-order valence-corrected chi connectivity index (χ0v) is 10.1. The Bertz CT molecular complexity index is 340. The second-order valence-corrected chi connectivity index (χ2v) is 4.53. The second-order valence-electron chi connectivity index (χ2n) is 4.53. The monoisotopic (exact) mass is 220 g/mol. The fourth-order valence-corrected chi connectivity index (χ4v) is 2.01. The average molecular weight is 220 g/mol. The molecular formula is C12H20N4. The van der Waals surface area contributed by atoms with Gasteiger partial charge in [0.2, 0.25) is 0 Å². The summed E-state index contributed by atoms with van der Waals surface area (Å²) in [7, 11) is 0. The van der Waals surface area contributed by atoms with Crippen molar-refractivity contribution in [2.45, 2.75) is 26.7 Å². The molecule has 16 heavy (non-hydrogen) atoms. The lowest BCUT2D eigenvalue weighted by Gasteiger charge is -2.17. The van der Waals surface area contributed by atoms with E-state index in [0.717, 1.165) is 43.6 Å². The van der Waals surface area contributed by atoms with Crippen LogP contribution in [0.25, 0.3) is 0 Å². The number of nitrogens with one attached hydrogen (secondary N) is 1. The molecule has 1 aromatic heterocycles. The van der Waals surface area contributed by atoms with Crippen LogP contribution in [-0.2, 0) is 0 Å². The molecular weight excluding hydrogens is 200 g/mol. The Balaban J connectivity index is 2.04. The number of rotatable bonds is 4. The van der Waals surface area contributed by atoms with Crippen molar-refractivity contribution in [2.24, 2.45) is 5.92 Å². The van der Waals surface area contributed by atoms with Gasteiger partial charge >= 0.3 is 0 Å². The van der Waals surface area contributed by atoms with Crippen LogP contribution in [-0.4, -0.2) is 29.6 Å². The highest BCUT2D eigenvalue weighted by molar-refractivity contribution is 5.48. The topological polar surface area (TPSA) is 41.0 Å². The van der Waals surface area contributed by atoms with Gasteiger partial charge in [0.15, 0.2) is 0 Å². The maximum atomic E-state index is 4.34. The zero-order chi connectivity index (χ0) is 11.4. The van der Waals surface area contributed by atoms with E-state index in [1.54, 1.807) is 6.33 Å². The lowest BCUT2D eigenvalue weighted by molar-refractivity contribution is 0.659. The molecule has 2 heterocycles. The second kappa shape index (κ2) is 5.14. The molecule has 0 radical (unpaired) electrons. The Kier molecular flexibility index (Phi) is 3.59. The summed E-state index contributed by atoms with van der Waals surface area (Å²) < 4.78 is 0. The molecule has 0 saturated carbocycles.